The lowest BCUT2D eigenvalue weighted by atomic mass is 11.8. The zero-order valence-electron chi connectivity index (χ0n) is 3.77. The van der Waals surface area contributed by atoms with Crippen LogP contribution in [0.4, 0.5) is 0 Å². The minimum atomic E-state index is -1.00. The summed E-state index contributed by atoms with van der Waals surface area (Å²) in [5, 5.41) is 0. The van der Waals surface area contributed by atoms with E-state index in [9.17, 15) is 0 Å². The van der Waals surface area contributed by atoms with E-state index in [4.69, 9.17) is 23.2 Å². The quantitative estimate of drug-likeness (QED) is 0.336. The van der Waals surface area contributed by atoms with Gasteiger partial charge in [-0.2, -0.15) is 0 Å². The van der Waals surface area contributed by atoms with E-state index in [2.05, 4.69) is 61.2 Å². The monoisotopic (exact) mass is 454 g/mol. The molecule has 0 aliphatic heterocycles. The van der Waals surface area contributed by atoms with Crippen LogP contribution in [0.1, 0.15) is 0 Å². The average molecular weight is 459 g/mol. The highest BCUT2D eigenvalue weighted by Crippen LogP contribution is 2.38. The third kappa shape index (κ3) is 3.91. The van der Waals surface area contributed by atoms with Gasteiger partial charge < -0.3 is 0 Å². The molecule has 0 fully saturated rings. The molecule has 0 aromatic rings. The van der Waals surface area contributed by atoms with E-state index in [0.717, 1.165) is 0 Å². The Balaban J connectivity index is 4.01. The molecule has 0 aliphatic rings. The highest BCUT2D eigenvalue weighted by molar-refractivity contribution is 9.51. The molecule has 0 saturated carbocycles. The summed E-state index contributed by atoms with van der Waals surface area (Å²) in [6.07, 6.45) is 0. The first-order valence-corrected chi connectivity index (χ1v) is 14.4. The predicted molar refractivity (Wildman–Crippen MR) is 61.7 cm³/mol. The molecule has 8 heteroatoms. The third-order valence-corrected chi connectivity index (χ3v) is 22.2. The fourth-order valence-corrected chi connectivity index (χ4v) is 17.4. The number of hydrogen-bond donors (Lipinski definition) is 0. The van der Waals surface area contributed by atoms with E-state index < -0.39 is 15.7 Å². The van der Waals surface area contributed by atoms with Gasteiger partial charge in [-0.1, -0.05) is 0 Å². The topological polar surface area (TPSA) is 0 Å². The van der Waals surface area contributed by atoms with Crippen LogP contribution in [0.15, 0.2) is 0 Å². The fraction of sp³-hybridized carbons (Fsp3) is 1.00. The summed E-state index contributed by atoms with van der Waals surface area (Å²) in [5.74, 6) is 0. The first-order valence-electron chi connectivity index (χ1n) is 1.63. The van der Waals surface area contributed by atoms with Crippen LogP contribution in [0, 0.1) is 0 Å². The normalized spacial score (nSPS) is 13.3. The van der Waals surface area contributed by atoms with Crippen LogP contribution in [0.2, 0.25) is 0 Å². The minimum Gasteiger partial charge on any atom is -0.109 e. The molecule has 0 spiro atoms. The zero-order chi connectivity index (χ0) is 7.65. The van der Waals surface area contributed by atoms with Gasteiger partial charge in [0, 0.05) is 0 Å². The molecule has 0 saturated heterocycles. The van der Waals surface area contributed by atoms with Crippen LogP contribution in [0.5, 0.6) is 0 Å². The molecule has 0 amide bonds. The highest BCUT2D eigenvalue weighted by Gasteiger charge is 2.41. The Morgan fingerprint density at radius 2 is 1.11 bits per heavy atom. The largest absolute Gasteiger partial charge is 0.253 e. The lowest BCUT2D eigenvalue weighted by molar-refractivity contribution is 1.72. The number of alkyl halides is 2. The second-order valence-corrected chi connectivity index (χ2v) is 22.6. The molecule has 0 unspecified atom stereocenters. The average Bonchev–Trinajstić information content (AvgIpc) is 1.65. The van der Waals surface area contributed by atoms with Crippen LogP contribution < -0.4 is 0 Å². The molecule has 0 N–H and O–H groups in total. The molecule has 0 atom stereocenters. The number of halogens is 6. The van der Waals surface area contributed by atoms with Gasteiger partial charge in [0.05, 0.1) is 0 Å². The summed E-state index contributed by atoms with van der Waals surface area (Å²) in [6.45, 7) is 0. The Kier molecular flexibility index (Phi) is 6.41. The van der Waals surface area contributed by atoms with E-state index in [1.807, 2.05) is 0 Å². The van der Waals surface area contributed by atoms with Gasteiger partial charge in [0.2, 0.25) is 0 Å². The molecule has 54 valence electrons. The minimum absolute atomic E-state index is 0.685. The molecule has 2 radical (unpaired) electrons. The zero-order valence-corrected chi connectivity index (χ0v) is 13.6. The molecule has 9 heavy (non-hydrogen) atoms. The Morgan fingerprint density at radius 1 is 0.889 bits per heavy atom. The SMILES string of the molecule is ClC(Cl)([Si](Br)Br)[Si](Br)Br. The van der Waals surface area contributed by atoms with Crippen LogP contribution >= 0.6 is 84.4 Å². The molecular weight excluding hydrogens is 459 g/mol. The molecular formula is CBr4Cl2Si2. The van der Waals surface area contributed by atoms with Crippen molar-refractivity contribution in [2.24, 2.45) is 0 Å². The van der Waals surface area contributed by atoms with E-state index in [1.165, 1.54) is 0 Å². The molecule has 0 aromatic carbocycles. The lowest BCUT2D eigenvalue weighted by Gasteiger charge is -2.18. The summed E-state index contributed by atoms with van der Waals surface area (Å²) in [6, 6.07) is -2.01. The molecule has 0 aliphatic carbocycles. The van der Waals surface area contributed by atoms with Gasteiger partial charge in [0.1, 0.15) is 3.58 Å². The predicted octanol–water partition coefficient (Wildman–Crippen LogP) is 3.79. The summed E-state index contributed by atoms with van der Waals surface area (Å²) in [5.41, 5.74) is 0. The second-order valence-electron chi connectivity index (χ2n) is 1.10. The van der Waals surface area contributed by atoms with Crippen molar-refractivity contribution in [2.45, 2.75) is 3.58 Å². The standard InChI is InChI=1S/CBr4Cl2Si2/c2-8(3)1(6,7)9(4)5. The Hall–Kier alpha value is 2.93. The van der Waals surface area contributed by atoms with Gasteiger partial charge >= 0.3 is 0 Å². The van der Waals surface area contributed by atoms with Gasteiger partial charge in [-0.15, -0.1) is 84.4 Å². The van der Waals surface area contributed by atoms with Gasteiger partial charge in [0.25, 0.3) is 12.1 Å². The van der Waals surface area contributed by atoms with E-state index >= 15 is 0 Å². The number of rotatable bonds is 2. The van der Waals surface area contributed by atoms with Gasteiger partial charge in [-0.05, 0) is 0 Å². The summed E-state index contributed by atoms with van der Waals surface area (Å²) in [4.78, 5) is 0. The van der Waals surface area contributed by atoms with Crippen molar-refractivity contribution >= 4 is 96.4 Å². The van der Waals surface area contributed by atoms with Crippen molar-refractivity contribution < 1.29 is 0 Å². The maximum atomic E-state index is 5.87. The van der Waals surface area contributed by atoms with E-state index in [-0.39, 0.29) is 0 Å². The molecule has 0 heterocycles. The van der Waals surface area contributed by atoms with Crippen LogP contribution in [-0.4, -0.2) is 15.7 Å². The first kappa shape index (κ1) is 11.9. The molecule has 0 bridgehead atoms. The van der Waals surface area contributed by atoms with Crippen molar-refractivity contribution in [1.82, 2.24) is 0 Å². The summed E-state index contributed by atoms with van der Waals surface area (Å²) < 4.78 is -0.685. The van der Waals surface area contributed by atoms with Crippen molar-refractivity contribution in [1.29, 1.82) is 0 Å². The molecule has 0 rings (SSSR count). The van der Waals surface area contributed by atoms with Gasteiger partial charge in [-0.3, -0.25) is 0 Å². The van der Waals surface area contributed by atoms with Gasteiger partial charge in [0.15, 0.2) is 0 Å². The lowest BCUT2D eigenvalue weighted by Crippen LogP contribution is -2.35. The van der Waals surface area contributed by atoms with Crippen molar-refractivity contribution in [2.75, 3.05) is 0 Å². The molecule has 0 nitrogen and oxygen atoms in total. The van der Waals surface area contributed by atoms with E-state index in [1.54, 1.807) is 0 Å². The van der Waals surface area contributed by atoms with Crippen LogP contribution in [0.3, 0.4) is 0 Å². The Bertz CT molecular complexity index is 84.6. The second kappa shape index (κ2) is 4.84. The van der Waals surface area contributed by atoms with Crippen LogP contribution in [-0.2, 0) is 0 Å². The summed E-state index contributed by atoms with van der Waals surface area (Å²) in [7, 11) is 0. The fourth-order valence-electron chi connectivity index (χ4n) is 0.0714. The summed E-state index contributed by atoms with van der Waals surface area (Å²) >= 11 is 25.0. The van der Waals surface area contributed by atoms with Crippen molar-refractivity contribution in [3.63, 3.8) is 0 Å². The maximum Gasteiger partial charge on any atom is 0.253 e. The number of hydrogen-bond acceptors (Lipinski definition) is 0. The van der Waals surface area contributed by atoms with Gasteiger partial charge in [-0.25, -0.2) is 0 Å². The first-order chi connectivity index (χ1) is 3.89. The van der Waals surface area contributed by atoms with Crippen molar-refractivity contribution in [3.05, 3.63) is 0 Å². The van der Waals surface area contributed by atoms with Crippen molar-refractivity contribution in [3.8, 4) is 0 Å². The highest BCUT2D eigenvalue weighted by atomic mass is 79.9. The molecule has 0 aromatic heterocycles. The Labute approximate surface area is 98.6 Å². The maximum absolute atomic E-state index is 5.87. The van der Waals surface area contributed by atoms with E-state index in [0.29, 0.717) is 0 Å². The Morgan fingerprint density at radius 3 is 1.11 bits per heavy atom. The smallest absolute Gasteiger partial charge is 0.109 e. The third-order valence-electron chi connectivity index (χ3n) is 0.475. The van der Waals surface area contributed by atoms with Crippen LogP contribution in [0.25, 0.3) is 0 Å².